The molecule has 19 heavy (non-hydrogen) atoms. The van der Waals surface area contributed by atoms with E-state index in [0.717, 1.165) is 6.67 Å². The van der Waals surface area contributed by atoms with E-state index in [4.69, 9.17) is 0 Å². The fourth-order valence-corrected chi connectivity index (χ4v) is 4.09. The van der Waals surface area contributed by atoms with E-state index >= 15 is 0 Å². The molecule has 0 saturated heterocycles. The number of fused-ring (bicyclic) bond motifs is 2. The summed E-state index contributed by atoms with van der Waals surface area (Å²) in [5.41, 5.74) is 7.00. The van der Waals surface area contributed by atoms with Gasteiger partial charge in [0.15, 0.2) is 0 Å². The Balaban J connectivity index is 1.82. The largest absolute Gasteiger partial charge is 0.346 e. The molecule has 4 rings (SSSR count). The van der Waals surface area contributed by atoms with E-state index in [1.165, 1.54) is 20.4 Å². The van der Waals surface area contributed by atoms with Crippen molar-refractivity contribution in [3.05, 3.63) is 59.6 Å². The van der Waals surface area contributed by atoms with E-state index in [1.807, 2.05) is 0 Å². The fraction of sp³-hybridized carbons (Fsp3) is 0.0667. The van der Waals surface area contributed by atoms with Crippen LogP contribution in [0.1, 0.15) is 0 Å². The highest BCUT2D eigenvalue weighted by molar-refractivity contribution is 7.16. The maximum Gasteiger partial charge on any atom is 0.346 e. The Labute approximate surface area is 118 Å². The quantitative estimate of drug-likeness (QED) is 0.499. The van der Waals surface area contributed by atoms with Gasteiger partial charge in [0.2, 0.25) is 22.1 Å². The molecule has 0 N–H and O–H groups in total. The molecule has 2 aromatic carbocycles. The van der Waals surface area contributed by atoms with Crippen molar-refractivity contribution >= 4 is 43.1 Å². The highest BCUT2D eigenvalue weighted by Gasteiger charge is 2.18. The molecule has 0 aliphatic heterocycles. The first-order chi connectivity index (χ1) is 9.42. The van der Waals surface area contributed by atoms with Crippen LogP contribution < -0.4 is 9.13 Å². The van der Waals surface area contributed by atoms with Crippen molar-refractivity contribution in [3.63, 3.8) is 0 Å². The van der Waals surface area contributed by atoms with Crippen molar-refractivity contribution in [2.75, 3.05) is 0 Å². The number of hydrogen-bond donors (Lipinski definition) is 0. The van der Waals surface area contributed by atoms with Gasteiger partial charge in [0.05, 0.1) is 0 Å². The molecule has 0 atom stereocenters. The number of rotatable bonds is 2. The van der Waals surface area contributed by atoms with Crippen LogP contribution in [-0.4, -0.2) is 0 Å². The number of para-hydroxylation sites is 2. The highest BCUT2D eigenvalue weighted by Crippen LogP contribution is 2.16. The van der Waals surface area contributed by atoms with Gasteiger partial charge in [-0.15, -0.1) is 9.13 Å². The van der Waals surface area contributed by atoms with Gasteiger partial charge in [0.1, 0.15) is 9.40 Å². The minimum atomic E-state index is 0.869. The van der Waals surface area contributed by atoms with Crippen LogP contribution in [0.25, 0.3) is 20.4 Å². The molecule has 92 valence electrons. The van der Waals surface area contributed by atoms with Crippen LogP contribution in [0.4, 0.5) is 0 Å². The zero-order valence-corrected chi connectivity index (χ0v) is 11.8. The Kier molecular flexibility index (Phi) is 2.57. The lowest BCUT2D eigenvalue weighted by Crippen LogP contribution is -2.49. The summed E-state index contributed by atoms with van der Waals surface area (Å²) >= 11 is 3.59. The summed E-state index contributed by atoms with van der Waals surface area (Å²) in [6.07, 6.45) is 0. The predicted octanol–water partition coefficient (Wildman–Crippen LogP) is 3.20. The molecule has 0 amide bonds. The van der Waals surface area contributed by atoms with Gasteiger partial charge in [-0.05, 0) is 12.1 Å². The predicted molar refractivity (Wildman–Crippen MR) is 79.4 cm³/mol. The maximum absolute atomic E-state index is 2.30. The molecule has 4 heteroatoms. The van der Waals surface area contributed by atoms with Crippen molar-refractivity contribution in [1.82, 2.24) is 0 Å². The smallest absolute Gasteiger partial charge is 0.128 e. The molecule has 0 radical (unpaired) electrons. The molecular formula is C15H12N2S2+2. The first-order valence-corrected chi connectivity index (χ1v) is 7.89. The number of hydrogen-bond acceptors (Lipinski definition) is 2. The molecule has 0 bridgehead atoms. The molecule has 0 aliphatic rings. The summed E-state index contributed by atoms with van der Waals surface area (Å²) < 4.78 is 7.28. The standard InChI is InChI=1S/C15H12N2S2/c1-3-7-14-12(5-1)16(10-18-14)9-17-11-19-15-8-4-2-6-13(15)17/h1-8,10-11H,9H2/q+2. The Morgan fingerprint density at radius 2 is 1.16 bits per heavy atom. The zero-order valence-electron chi connectivity index (χ0n) is 10.2. The molecule has 0 fully saturated rings. The van der Waals surface area contributed by atoms with Crippen LogP contribution in [0.2, 0.25) is 0 Å². The van der Waals surface area contributed by atoms with E-state index in [0.29, 0.717) is 0 Å². The fourth-order valence-electron chi connectivity index (χ4n) is 2.33. The molecule has 2 aromatic heterocycles. The monoisotopic (exact) mass is 284 g/mol. The molecule has 4 aromatic rings. The Morgan fingerprint density at radius 3 is 1.68 bits per heavy atom. The maximum atomic E-state index is 2.30. The van der Waals surface area contributed by atoms with Gasteiger partial charge in [-0.2, -0.15) is 0 Å². The first kappa shape index (κ1) is 11.1. The average molecular weight is 284 g/mol. The van der Waals surface area contributed by atoms with Crippen LogP contribution in [0.3, 0.4) is 0 Å². The Morgan fingerprint density at radius 1 is 0.684 bits per heavy atom. The molecule has 0 aliphatic carbocycles. The molecular weight excluding hydrogens is 272 g/mol. The summed E-state index contributed by atoms with van der Waals surface area (Å²) in [4.78, 5) is 0. The van der Waals surface area contributed by atoms with E-state index in [-0.39, 0.29) is 0 Å². The second-order valence-electron chi connectivity index (χ2n) is 4.46. The summed E-state index contributed by atoms with van der Waals surface area (Å²) in [5, 5.41) is 0. The van der Waals surface area contributed by atoms with Gasteiger partial charge >= 0.3 is 6.67 Å². The summed E-state index contributed by atoms with van der Waals surface area (Å²) in [5.74, 6) is 0. The van der Waals surface area contributed by atoms with Gasteiger partial charge in [0, 0.05) is 12.1 Å². The van der Waals surface area contributed by atoms with E-state index in [2.05, 4.69) is 68.7 Å². The van der Waals surface area contributed by atoms with E-state index in [1.54, 1.807) is 22.7 Å². The third-order valence-corrected chi connectivity index (χ3v) is 5.19. The van der Waals surface area contributed by atoms with Crippen molar-refractivity contribution in [2.24, 2.45) is 0 Å². The van der Waals surface area contributed by atoms with Crippen LogP contribution in [-0.2, 0) is 6.67 Å². The molecule has 0 unspecified atom stereocenters. The SMILES string of the molecule is c1ccc2c(c1)sc[n+]2C[n+]1csc2ccccc21. The second-order valence-corrected chi connectivity index (χ2v) is 6.24. The number of thiazole rings is 2. The summed E-state index contributed by atoms with van der Waals surface area (Å²) in [6.45, 7) is 0.869. The van der Waals surface area contributed by atoms with Crippen LogP contribution in [0.15, 0.2) is 59.6 Å². The van der Waals surface area contributed by atoms with Gasteiger partial charge in [-0.3, -0.25) is 0 Å². The number of benzene rings is 2. The number of nitrogens with zero attached hydrogens (tertiary/aromatic N) is 2. The lowest BCUT2D eigenvalue weighted by atomic mass is 10.3. The highest BCUT2D eigenvalue weighted by atomic mass is 32.1. The van der Waals surface area contributed by atoms with Crippen molar-refractivity contribution in [2.45, 2.75) is 6.67 Å². The molecule has 2 heterocycles. The summed E-state index contributed by atoms with van der Waals surface area (Å²) in [7, 11) is 0. The van der Waals surface area contributed by atoms with Gasteiger partial charge in [-0.1, -0.05) is 46.9 Å². The van der Waals surface area contributed by atoms with Gasteiger partial charge in [-0.25, -0.2) is 0 Å². The Hall–Kier alpha value is -1.78. The zero-order chi connectivity index (χ0) is 12.7. The molecule has 2 nitrogen and oxygen atoms in total. The lowest BCUT2D eigenvalue weighted by molar-refractivity contribution is -0.887. The van der Waals surface area contributed by atoms with Crippen molar-refractivity contribution in [3.8, 4) is 0 Å². The topological polar surface area (TPSA) is 7.76 Å². The Bertz CT molecular complexity index is 788. The van der Waals surface area contributed by atoms with E-state index < -0.39 is 0 Å². The minimum Gasteiger partial charge on any atom is -0.128 e. The molecule has 0 spiro atoms. The summed E-state index contributed by atoms with van der Waals surface area (Å²) in [6, 6.07) is 17.1. The van der Waals surface area contributed by atoms with Crippen molar-refractivity contribution < 1.29 is 9.13 Å². The minimum absolute atomic E-state index is 0.869. The van der Waals surface area contributed by atoms with Crippen LogP contribution in [0, 0.1) is 0 Å². The number of aromatic nitrogens is 2. The van der Waals surface area contributed by atoms with Gasteiger partial charge in [0.25, 0.3) is 0 Å². The molecule has 0 saturated carbocycles. The average Bonchev–Trinajstić information content (AvgIpc) is 3.05. The lowest BCUT2D eigenvalue weighted by Gasteiger charge is -1.90. The third-order valence-electron chi connectivity index (χ3n) is 3.27. The van der Waals surface area contributed by atoms with Crippen molar-refractivity contribution in [1.29, 1.82) is 0 Å². The van der Waals surface area contributed by atoms with Gasteiger partial charge < -0.3 is 0 Å². The second kappa shape index (κ2) is 4.40. The third kappa shape index (κ3) is 1.84. The van der Waals surface area contributed by atoms with E-state index in [9.17, 15) is 0 Å². The first-order valence-electron chi connectivity index (χ1n) is 6.13. The van der Waals surface area contributed by atoms with Crippen LogP contribution in [0.5, 0.6) is 0 Å². The normalized spacial score (nSPS) is 11.4. The van der Waals surface area contributed by atoms with Crippen LogP contribution >= 0.6 is 22.7 Å².